The molecule has 2 atom stereocenters. The van der Waals surface area contributed by atoms with Crippen LogP contribution < -0.4 is 4.89 Å². The third-order valence-electron chi connectivity index (χ3n) is 3.25. The van der Waals surface area contributed by atoms with Crippen molar-refractivity contribution in [1.82, 2.24) is 0 Å². The van der Waals surface area contributed by atoms with E-state index < -0.39 is 13.9 Å². The molecule has 0 N–H and O–H groups in total. The fourth-order valence-electron chi connectivity index (χ4n) is 1.63. The largest absolute Gasteiger partial charge is 0.756 e. The Morgan fingerprint density at radius 1 is 0.750 bits per heavy atom. The molecule has 1 unspecified atom stereocenters. The molecule has 0 aromatic rings. The van der Waals surface area contributed by atoms with E-state index in [1.807, 2.05) is 21.1 Å². The van der Waals surface area contributed by atoms with Crippen molar-refractivity contribution in [1.29, 1.82) is 0 Å². The number of allylic oxidation sites excluding steroid dienone is 2. The summed E-state index contributed by atoms with van der Waals surface area (Å²) in [5.74, 6) is 0. The number of hydrogen-bond acceptors (Lipinski definition) is 6. The van der Waals surface area contributed by atoms with Crippen LogP contribution in [0.2, 0.25) is 0 Å². The fraction of sp³-hybridized carbons (Fsp3) is 0.357. The van der Waals surface area contributed by atoms with Gasteiger partial charge in [-0.15, -0.1) is 0 Å². The number of likely N-dealkylation sites (N-methyl/N-ethyl adjacent to an activating group) is 1. The summed E-state index contributed by atoms with van der Waals surface area (Å²) >= 11 is 0. The van der Waals surface area contributed by atoms with Crippen molar-refractivity contribution in [3.05, 3.63) is 105 Å². The molecule has 0 saturated carbocycles. The Morgan fingerprint density at radius 3 is 1.78 bits per heavy atom. The van der Waals surface area contributed by atoms with Crippen LogP contribution in [0.4, 0.5) is 0 Å². The van der Waals surface area contributed by atoms with Gasteiger partial charge in [0.15, 0.2) is 6.10 Å². The topological polar surface area (TPSA) is 77.1 Å². The van der Waals surface area contributed by atoms with Gasteiger partial charge < -0.3 is 27.9 Å². The smallest absolute Gasteiger partial charge is 0.268 e. The molecule has 7 nitrogen and oxygen atoms in total. The van der Waals surface area contributed by atoms with E-state index in [0.29, 0.717) is 11.0 Å². The number of phosphoric ester groups is 1. The summed E-state index contributed by atoms with van der Waals surface area (Å²) in [6.45, 7) is 3.62. The molecule has 0 saturated heterocycles. The summed E-state index contributed by atoms with van der Waals surface area (Å²) in [5, 5.41) is 0. The highest BCUT2D eigenvalue weighted by molar-refractivity contribution is 7.45. The van der Waals surface area contributed by atoms with Crippen molar-refractivity contribution < 1.29 is 32.5 Å². The minimum absolute atomic E-state index is 0.0151. The molecule has 8 heteroatoms. The van der Waals surface area contributed by atoms with Crippen molar-refractivity contribution in [3.8, 4) is 0 Å². The Hall–Kier alpha value is -3.93. The van der Waals surface area contributed by atoms with Gasteiger partial charge in [0.2, 0.25) is 0 Å². The standard InChI is InChI=1S/C28H28NO6P/c1-6-8-10-12-14-16-18-20-23-32-26-28(33-24-21-19-17-15-13-11-9-7-2)27-35-36(30,31)34-25-22-29(3,4)5/h6-7,23-24,28H,22,25-27H2,1-5H3/t28-/m1/s1. The lowest BCUT2D eigenvalue weighted by Gasteiger charge is -2.28. The van der Waals surface area contributed by atoms with Crippen LogP contribution in [-0.2, 0) is 23.1 Å². The van der Waals surface area contributed by atoms with Crippen LogP contribution in [0.25, 0.3) is 0 Å². The zero-order chi connectivity index (χ0) is 27.0. The van der Waals surface area contributed by atoms with Crippen LogP contribution in [0.3, 0.4) is 0 Å². The number of ether oxygens (including phenoxy) is 2. The maximum absolute atomic E-state index is 12.0. The van der Waals surface area contributed by atoms with E-state index in [-0.39, 0.29) is 19.8 Å². The Balaban J connectivity index is 5.40. The van der Waals surface area contributed by atoms with Crippen LogP contribution >= 0.6 is 7.82 Å². The quantitative estimate of drug-likeness (QED) is 0.174. The van der Waals surface area contributed by atoms with Crippen molar-refractivity contribution in [3.63, 3.8) is 0 Å². The lowest BCUT2D eigenvalue weighted by atomic mass is 10.4. The molecule has 0 heterocycles. The van der Waals surface area contributed by atoms with Crippen LogP contribution in [0.15, 0.2) is 105 Å². The maximum Gasteiger partial charge on any atom is 0.268 e. The minimum Gasteiger partial charge on any atom is -0.756 e. The van der Waals surface area contributed by atoms with Gasteiger partial charge in [-0.3, -0.25) is 4.57 Å². The van der Waals surface area contributed by atoms with E-state index in [2.05, 4.69) is 80.2 Å². The molecule has 0 aromatic heterocycles. The lowest BCUT2D eigenvalue weighted by molar-refractivity contribution is -0.870. The van der Waals surface area contributed by atoms with E-state index in [9.17, 15) is 9.46 Å². The van der Waals surface area contributed by atoms with E-state index in [1.54, 1.807) is 26.0 Å². The van der Waals surface area contributed by atoms with Crippen LogP contribution in [0.5, 0.6) is 0 Å². The summed E-state index contributed by atoms with van der Waals surface area (Å²) in [6.07, 6.45) is 4.86. The highest BCUT2D eigenvalue weighted by Crippen LogP contribution is 2.38. The number of rotatable bonds is 12. The lowest BCUT2D eigenvalue weighted by Crippen LogP contribution is -2.37. The zero-order valence-corrected chi connectivity index (χ0v) is 22.0. The van der Waals surface area contributed by atoms with Gasteiger partial charge in [-0.25, -0.2) is 0 Å². The van der Waals surface area contributed by atoms with E-state index >= 15 is 0 Å². The molecule has 0 aliphatic rings. The Bertz CT molecular complexity index is 1340. The number of nitrogens with zero attached hydrogens (tertiary/aromatic N) is 1. The van der Waals surface area contributed by atoms with Gasteiger partial charge in [0.1, 0.15) is 32.3 Å². The SMILES string of the molecule is CC=C=C=C=C=C=C=C=COC[C@H](COP(=O)([O-])OCC[N+](C)(C)C)OC=C=C=C=C=C=C=C=CC. The molecule has 0 rings (SSSR count). The number of phosphoric acid groups is 1. The third kappa shape index (κ3) is 23.2. The minimum atomic E-state index is -4.53. The monoisotopic (exact) mass is 505 g/mol. The molecule has 0 aromatic carbocycles. The normalized spacial score (nSPS) is 10.9. The zero-order valence-electron chi connectivity index (χ0n) is 21.1. The van der Waals surface area contributed by atoms with E-state index in [1.165, 1.54) is 6.26 Å². The molecule has 0 aliphatic carbocycles. The molecule has 0 aliphatic heterocycles. The second kappa shape index (κ2) is 20.4. The van der Waals surface area contributed by atoms with Gasteiger partial charge in [-0.05, 0) is 94.8 Å². The predicted molar refractivity (Wildman–Crippen MR) is 132 cm³/mol. The van der Waals surface area contributed by atoms with Crippen molar-refractivity contribution in [2.24, 2.45) is 0 Å². The second-order valence-corrected chi connectivity index (χ2v) is 8.73. The maximum atomic E-state index is 12.0. The first-order valence-corrected chi connectivity index (χ1v) is 12.0. The summed E-state index contributed by atoms with van der Waals surface area (Å²) < 4.78 is 33.1. The highest BCUT2D eigenvalue weighted by Gasteiger charge is 2.17. The molecule has 0 amide bonds. The van der Waals surface area contributed by atoms with Crippen LogP contribution in [-0.4, -0.2) is 58.1 Å². The predicted octanol–water partition coefficient (Wildman–Crippen LogP) is 3.83. The van der Waals surface area contributed by atoms with Gasteiger partial charge in [0, 0.05) is 0 Å². The molecular weight excluding hydrogens is 477 g/mol. The first-order chi connectivity index (χ1) is 17.2. The Kier molecular flexibility index (Phi) is 18.2. The summed E-state index contributed by atoms with van der Waals surface area (Å²) in [6, 6.07) is 0. The van der Waals surface area contributed by atoms with Crippen molar-refractivity contribution >= 4 is 7.82 Å². The van der Waals surface area contributed by atoms with Gasteiger partial charge in [-0.2, -0.15) is 0 Å². The van der Waals surface area contributed by atoms with Gasteiger partial charge in [-0.1, -0.05) is 11.5 Å². The summed E-state index contributed by atoms with van der Waals surface area (Å²) in [7, 11) is 1.21. The van der Waals surface area contributed by atoms with Crippen LogP contribution in [0, 0.1) is 0 Å². The summed E-state index contributed by atoms with van der Waals surface area (Å²) in [4.78, 5) is 12.0. The molecule has 36 heavy (non-hydrogen) atoms. The fourth-order valence-corrected chi connectivity index (χ4v) is 2.36. The number of quaternary nitrogens is 1. The molecule has 186 valence electrons. The van der Waals surface area contributed by atoms with E-state index in [4.69, 9.17) is 18.5 Å². The Morgan fingerprint density at radius 2 is 1.25 bits per heavy atom. The highest BCUT2D eigenvalue weighted by atomic mass is 31.2. The van der Waals surface area contributed by atoms with E-state index in [0.717, 1.165) is 6.26 Å². The third-order valence-corrected chi connectivity index (χ3v) is 4.22. The molecule has 0 bridgehead atoms. The first kappa shape index (κ1) is 32.1. The van der Waals surface area contributed by atoms with Crippen molar-refractivity contribution in [2.45, 2.75) is 20.0 Å². The first-order valence-electron chi connectivity index (χ1n) is 10.6. The van der Waals surface area contributed by atoms with Gasteiger partial charge >= 0.3 is 0 Å². The van der Waals surface area contributed by atoms with Crippen molar-refractivity contribution in [2.75, 3.05) is 47.5 Å². The molecular formula is C28H28NO6P. The average molecular weight is 506 g/mol. The van der Waals surface area contributed by atoms with Gasteiger partial charge in [0.25, 0.3) is 7.82 Å². The van der Waals surface area contributed by atoms with Gasteiger partial charge in [0.05, 0.1) is 27.7 Å². The number of hydrogen-bond donors (Lipinski definition) is 0. The van der Waals surface area contributed by atoms with Crippen LogP contribution in [0.1, 0.15) is 13.8 Å². The Labute approximate surface area is 212 Å². The second-order valence-electron chi connectivity index (χ2n) is 7.32. The average Bonchev–Trinajstić information content (AvgIpc) is 2.81. The molecule has 0 fully saturated rings. The molecule has 0 radical (unpaired) electrons. The summed E-state index contributed by atoms with van der Waals surface area (Å²) in [5.41, 5.74) is 35.9. The molecule has 0 spiro atoms.